The molecule has 4 aliphatic rings. The number of carbonyl (C=O) groups excluding carboxylic acids is 8. The number of amides is 8. The fourth-order valence-electron chi connectivity index (χ4n) is 14.7. The van der Waals surface area contributed by atoms with E-state index in [0.717, 1.165) is 75.0 Å². The molecule has 0 spiro atoms. The van der Waals surface area contributed by atoms with Gasteiger partial charge in [0.25, 0.3) is 47.3 Å². The molecule has 0 bridgehead atoms. The average molecular weight is 1410 g/mol. The second kappa shape index (κ2) is 29.8. The summed E-state index contributed by atoms with van der Waals surface area (Å²) in [6, 6.07) is 36.4. The van der Waals surface area contributed by atoms with Gasteiger partial charge in [-0.1, -0.05) is 67.9 Å². The van der Waals surface area contributed by atoms with Gasteiger partial charge in [0.2, 0.25) is 10.0 Å². The smallest absolute Gasteiger partial charge is 0.261 e. The van der Waals surface area contributed by atoms with E-state index in [1.54, 1.807) is 61.4 Å². The van der Waals surface area contributed by atoms with E-state index in [4.69, 9.17) is 0 Å². The zero-order valence-corrected chi connectivity index (χ0v) is 59.7. The van der Waals surface area contributed by atoms with Crippen LogP contribution in [0.5, 0.6) is 0 Å². The largest absolute Gasteiger partial charge is 0.315 e. The molecule has 14 rings (SSSR count). The summed E-state index contributed by atoms with van der Waals surface area (Å²) in [5, 5.41) is 12.5. The van der Waals surface area contributed by atoms with E-state index < -0.39 is 21.8 Å². The Morgan fingerprint density at radius 1 is 0.427 bits per heavy atom. The zero-order valence-electron chi connectivity index (χ0n) is 58.9. The van der Waals surface area contributed by atoms with Crippen molar-refractivity contribution >= 4 is 100 Å². The first kappa shape index (κ1) is 70.9. The number of sulfonamides is 1. The number of nitrogens with zero attached hydrogens (tertiary/aromatic N) is 11. The van der Waals surface area contributed by atoms with Crippen molar-refractivity contribution in [3.63, 3.8) is 0 Å². The zero-order chi connectivity index (χ0) is 72.5. The lowest BCUT2D eigenvalue weighted by molar-refractivity contribution is 0.0569. The lowest BCUT2D eigenvalue weighted by Gasteiger charge is -2.32. The van der Waals surface area contributed by atoms with Crippen molar-refractivity contribution in [3.8, 4) is 11.4 Å². The molecule has 6 heterocycles. The summed E-state index contributed by atoms with van der Waals surface area (Å²) in [7, 11) is -0.944. The maximum absolute atomic E-state index is 13.7. The molecule has 0 fully saturated rings. The van der Waals surface area contributed by atoms with Crippen molar-refractivity contribution in [2.75, 3.05) is 92.6 Å². The second-order valence-corrected chi connectivity index (χ2v) is 29.2. The molecule has 23 nitrogen and oxygen atoms in total. The van der Waals surface area contributed by atoms with E-state index in [1.165, 1.54) is 45.8 Å². The molecule has 0 unspecified atom stereocenters. The first-order valence-corrected chi connectivity index (χ1v) is 36.6. The Bertz CT molecular complexity index is 5080. The number of carbonyl (C=O) groups is 8. The molecule has 103 heavy (non-hydrogen) atoms. The Morgan fingerprint density at radius 3 is 1.23 bits per heavy atom. The van der Waals surface area contributed by atoms with Gasteiger partial charge in [-0.25, -0.2) is 22.7 Å². The third-order valence-corrected chi connectivity index (χ3v) is 21.9. The number of benzene rings is 8. The Morgan fingerprint density at radius 2 is 0.816 bits per heavy atom. The Kier molecular flexibility index (Phi) is 20.6. The molecular weight excluding hydrogens is 1320 g/mol. The van der Waals surface area contributed by atoms with Gasteiger partial charge in [-0.05, 0) is 156 Å². The third-order valence-electron chi connectivity index (χ3n) is 20.1. The SMILES string of the molecule is CC(C)N(CCCNCCN1C(=O)c2cccc3cc(S(=O)(=O)N(C)C)cc(c23)C1=O)CCN1C(=O)c2cccc3c(-n4ccnc4)ccc(c23)C1=O.CCCc1ccc2c3c(cccc13)C(=O)N(CCNCCCN(CCN1C(=O)c3cccc4c(-n5ccnc5)ccc(c34)C1=O)C(C)C)C2=O. The second-order valence-electron chi connectivity index (χ2n) is 27.1. The summed E-state index contributed by atoms with van der Waals surface area (Å²) in [5.41, 5.74) is 6.69. The molecule has 0 aliphatic carbocycles. The Balaban J connectivity index is 0.000000184. The van der Waals surface area contributed by atoms with Crippen LogP contribution in [0.2, 0.25) is 0 Å². The number of hydrogen-bond donors (Lipinski definition) is 2. The summed E-state index contributed by atoms with van der Waals surface area (Å²) < 4.78 is 30.7. The van der Waals surface area contributed by atoms with Gasteiger partial charge in [0, 0.05) is 180 Å². The summed E-state index contributed by atoms with van der Waals surface area (Å²) in [6.07, 6.45) is 13.9. The van der Waals surface area contributed by atoms with E-state index >= 15 is 0 Å². The average Bonchev–Trinajstić information content (AvgIpc) is 1.15. The Hall–Kier alpha value is -10.5. The molecule has 0 radical (unpaired) electrons. The lowest BCUT2D eigenvalue weighted by atomic mass is 9.90. The van der Waals surface area contributed by atoms with Crippen LogP contribution in [0, 0.1) is 0 Å². The van der Waals surface area contributed by atoms with Gasteiger partial charge < -0.3 is 19.8 Å². The maximum Gasteiger partial charge on any atom is 0.261 e. The fourth-order valence-corrected chi connectivity index (χ4v) is 15.6. The van der Waals surface area contributed by atoms with Gasteiger partial charge in [-0.3, -0.25) is 67.8 Å². The topological polar surface area (TPSA) is 253 Å². The van der Waals surface area contributed by atoms with Crippen LogP contribution in [-0.2, 0) is 16.4 Å². The van der Waals surface area contributed by atoms with Crippen LogP contribution in [0.1, 0.15) is 142 Å². The van der Waals surface area contributed by atoms with Crippen LogP contribution in [0.3, 0.4) is 0 Å². The summed E-state index contributed by atoms with van der Waals surface area (Å²) in [5.74, 6) is -2.59. The van der Waals surface area contributed by atoms with Crippen LogP contribution >= 0.6 is 0 Å². The van der Waals surface area contributed by atoms with E-state index in [1.807, 2.05) is 94.3 Å². The van der Waals surface area contributed by atoms with Crippen molar-refractivity contribution in [2.45, 2.75) is 77.3 Å². The molecule has 8 amide bonds. The van der Waals surface area contributed by atoms with Crippen molar-refractivity contribution < 1.29 is 46.8 Å². The summed E-state index contributed by atoms with van der Waals surface area (Å²) >= 11 is 0. The predicted octanol–water partition coefficient (Wildman–Crippen LogP) is 9.72. The number of aromatic nitrogens is 4. The van der Waals surface area contributed by atoms with Crippen LogP contribution in [-0.4, -0.2) is 213 Å². The van der Waals surface area contributed by atoms with Crippen molar-refractivity contribution in [1.82, 2.24) is 63.4 Å². The molecule has 2 aromatic heterocycles. The van der Waals surface area contributed by atoms with E-state index in [2.05, 4.69) is 65.0 Å². The van der Waals surface area contributed by atoms with Crippen LogP contribution in [0.4, 0.5) is 0 Å². The summed E-state index contributed by atoms with van der Waals surface area (Å²) in [4.78, 5) is 127. The first-order valence-electron chi connectivity index (χ1n) is 35.2. The van der Waals surface area contributed by atoms with Crippen LogP contribution < -0.4 is 10.6 Å². The highest BCUT2D eigenvalue weighted by Gasteiger charge is 2.38. The van der Waals surface area contributed by atoms with Crippen LogP contribution in [0.15, 0.2) is 164 Å². The number of rotatable bonds is 28. The number of imidazole rings is 2. The van der Waals surface area contributed by atoms with Gasteiger partial charge in [0.15, 0.2) is 0 Å². The molecule has 10 aromatic rings. The molecule has 24 heteroatoms. The predicted molar refractivity (Wildman–Crippen MR) is 395 cm³/mol. The number of aryl methyl sites for hydroxylation is 1. The Labute approximate surface area is 597 Å². The van der Waals surface area contributed by atoms with Gasteiger partial charge in [0.1, 0.15) is 0 Å². The monoisotopic (exact) mass is 1410 g/mol. The van der Waals surface area contributed by atoms with E-state index in [0.29, 0.717) is 106 Å². The van der Waals surface area contributed by atoms with Crippen molar-refractivity contribution in [1.29, 1.82) is 0 Å². The highest BCUT2D eigenvalue weighted by molar-refractivity contribution is 7.89. The molecular formula is C79H83N13O10S. The molecule has 2 N–H and O–H groups in total. The number of nitrogens with one attached hydrogen (secondary N) is 2. The first-order chi connectivity index (χ1) is 49.7. The fraction of sp³-hybridized carbons (Fsp3) is 0.316. The molecule has 0 saturated heterocycles. The van der Waals surface area contributed by atoms with E-state index in [-0.39, 0.29) is 84.2 Å². The minimum Gasteiger partial charge on any atom is -0.315 e. The highest BCUT2D eigenvalue weighted by atomic mass is 32.2. The minimum atomic E-state index is -3.81. The van der Waals surface area contributed by atoms with Gasteiger partial charge in [-0.15, -0.1) is 0 Å². The standard InChI is InChI=1S/C40H42N6O4.C39H41N7O6S/c1-4-8-27-13-14-32-35-28(27)9-5-11-30(35)37(47)45(39(32)49)22-19-41-17-7-20-43(26(2)3)23-24-46-38(48)31-12-6-10-29-34(44-21-18-42-25-44)16-15-33(36(29)31)40(46)50;1-25(2)43(20-21-46-37(48)30-11-6-9-28-33(44-18-15-41-24-44)13-12-31(35(28)30)38(46)49)17-7-14-40-16-19-45-36(47)29-10-5-8-26-22-27(53(51,52)42(3)4)23-32(34(26)29)39(45)50/h5-6,9-16,18,21,25-26,41H,4,7-8,17,19-20,22-24H2,1-3H3;5-6,8-13,15,18,22-25,40H,7,14,16-17,19-21H2,1-4H3. The third kappa shape index (κ3) is 13.5. The normalized spacial score (nSPS) is 14.5. The summed E-state index contributed by atoms with van der Waals surface area (Å²) in [6.45, 7) is 16.1. The lowest BCUT2D eigenvalue weighted by Crippen LogP contribution is -2.46. The minimum absolute atomic E-state index is 0.00553. The van der Waals surface area contributed by atoms with Crippen LogP contribution in [0.25, 0.3) is 54.5 Å². The van der Waals surface area contributed by atoms with Crippen molar-refractivity contribution in [3.05, 3.63) is 209 Å². The van der Waals surface area contributed by atoms with Gasteiger partial charge in [0.05, 0.1) is 28.9 Å². The van der Waals surface area contributed by atoms with Gasteiger partial charge in [-0.2, -0.15) is 0 Å². The maximum atomic E-state index is 13.7. The van der Waals surface area contributed by atoms with Crippen molar-refractivity contribution in [2.24, 2.45) is 0 Å². The molecule has 8 aromatic carbocycles. The molecule has 530 valence electrons. The molecule has 4 aliphatic heterocycles. The molecule has 0 atom stereocenters. The van der Waals surface area contributed by atoms with E-state index in [9.17, 15) is 46.8 Å². The number of hydrogen-bond acceptors (Lipinski definition) is 16. The highest BCUT2D eigenvalue weighted by Crippen LogP contribution is 2.38. The number of imide groups is 4. The quantitative estimate of drug-likeness (QED) is 0.0342. The molecule has 0 saturated carbocycles. The van der Waals surface area contributed by atoms with Gasteiger partial charge >= 0.3 is 0 Å².